The van der Waals surface area contributed by atoms with Crippen molar-refractivity contribution in [2.24, 2.45) is 5.92 Å². The highest BCUT2D eigenvalue weighted by Crippen LogP contribution is 2.48. The molecule has 4 nitrogen and oxygen atoms in total. The van der Waals surface area contributed by atoms with Crippen molar-refractivity contribution in [1.29, 1.82) is 0 Å². The molecule has 1 saturated carbocycles. The first kappa shape index (κ1) is 7.49. The second kappa shape index (κ2) is 1.95. The Kier molecular flexibility index (Phi) is 1.33. The summed E-state index contributed by atoms with van der Waals surface area (Å²) >= 11 is 0. The Labute approximate surface area is 64.4 Å². The molecule has 0 bridgehead atoms. The normalized spacial score (nSPS) is 62.2. The van der Waals surface area contributed by atoms with Gasteiger partial charge < -0.3 is 20.1 Å². The highest BCUT2D eigenvalue weighted by atomic mass is 16.7. The van der Waals surface area contributed by atoms with E-state index in [1.807, 2.05) is 0 Å². The van der Waals surface area contributed by atoms with Gasteiger partial charge >= 0.3 is 0 Å². The fourth-order valence-electron chi connectivity index (χ4n) is 2.16. The van der Waals surface area contributed by atoms with E-state index in [4.69, 9.17) is 4.74 Å². The van der Waals surface area contributed by atoms with Gasteiger partial charge in [-0.05, 0) is 6.92 Å². The zero-order chi connectivity index (χ0) is 8.22. The average Bonchev–Trinajstić information content (AvgIpc) is 2.00. The van der Waals surface area contributed by atoms with E-state index in [0.717, 1.165) is 0 Å². The Morgan fingerprint density at radius 3 is 2.45 bits per heavy atom. The maximum atomic E-state index is 9.52. The lowest BCUT2D eigenvalue weighted by Gasteiger charge is -2.46. The first-order chi connectivity index (χ1) is 5.04. The molecule has 64 valence electrons. The Morgan fingerprint density at radius 1 is 1.45 bits per heavy atom. The van der Waals surface area contributed by atoms with Crippen molar-refractivity contribution >= 4 is 0 Å². The summed E-state index contributed by atoms with van der Waals surface area (Å²) in [6.07, 6.45) is -1.69. The van der Waals surface area contributed by atoms with Crippen molar-refractivity contribution in [2.75, 3.05) is 0 Å². The third-order valence-electron chi connectivity index (χ3n) is 2.68. The molecule has 1 aliphatic heterocycles. The first-order valence-corrected chi connectivity index (χ1v) is 3.81. The monoisotopic (exact) mass is 160 g/mol. The Balaban J connectivity index is 2.19. The van der Waals surface area contributed by atoms with E-state index >= 15 is 0 Å². The van der Waals surface area contributed by atoms with Crippen molar-refractivity contribution in [3.63, 3.8) is 0 Å². The molecule has 1 heterocycles. The van der Waals surface area contributed by atoms with Crippen LogP contribution in [0, 0.1) is 5.92 Å². The van der Waals surface area contributed by atoms with Crippen LogP contribution in [0.25, 0.3) is 0 Å². The number of rotatable bonds is 0. The topological polar surface area (TPSA) is 69.9 Å². The summed E-state index contributed by atoms with van der Waals surface area (Å²) in [5.74, 6) is -1.56. The smallest absolute Gasteiger partial charge is 0.176 e. The highest BCUT2D eigenvalue weighted by Gasteiger charge is 2.63. The van der Waals surface area contributed by atoms with Crippen LogP contribution >= 0.6 is 0 Å². The maximum Gasteiger partial charge on any atom is 0.176 e. The Morgan fingerprint density at radius 2 is 2.09 bits per heavy atom. The number of aliphatic hydroxyl groups excluding tert-OH is 2. The molecule has 2 fully saturated rings. The lowest BCUT2D eigenvalue weighted by molar-refractivity contribution is -0.356. The van der Waals surface area contributed by atoms with Crippen molar-refractivity contribution in [3.05, 3.63) is 0 Å². The van der Waals surface area contributed by atoms with Gasteiger partial charge in [-0.25, -0.2) is 0 Å². The number of hydrogen-bond acceptors (Lipinski definition) is 4. The van der Waals surface area contributed by atoms with Gasteiger partial charge in [-0.1, -0.05) is 0 Å². The second-order valence-corrected chi connectivity index (χ2v) is 3.46. The predicted molar refractivity (Wildman–Crippen MR) is 35.6 cm³/mol. The quantitative estimate of drug-likeness (QED) is 0.418. The molecule has 1 aliphatic carbocycles. The van der Waals surface area contributed by atoms with Crippen molar-refractivity contribution in [2.45, 2.75) is 37.4 Å². The van der Waals surface area contributed by atoms with Crippen molar-refractivity contribution in [3.8, 4) is 0 Å². The molecule has 1 saturated heterocycles. The van der Waals surface area contributed by atoms with Crippen LogP contribution in [0.2, 0.25) is 0 Å². The molecule has 0 radical (unpaired) electrons. The summed E-state index contributed by atoms with van der Waals surface area (Å²) in [4.78, 5) is 0. The van der Waals surface area contributed by atoms with Crippen LogP contribution < -0.4 is 0 Å². The zero-order valence-corrected chi connectivity index (χ0v) is 6.27. The highest BCUT2D eigenvalue weighted by molar-refractivity contribution is 5.05. The van der Waals surface area contributed by atoms with Gasteiger partial charge in [-0.3, -0.25) is 0 Å². The maximum absolute atomic E-state index is 9.52. The predicted octanol–water partition coefficient (Wildman–Crippen LogP) is -1.16. The molecule has 0 aromatic carbocycles. The van der Waals surface area contributed by atoms with Crippen molar-refractivity contribution < 1.29 is 20.1 Å². The number of aliphatic hydroxyl groups is 3. The summed E-state index contributed by atoms with van der Waals surface area (Å²) in [6, 6.07) is 0. The molecule has 4 heteroatoms. The van der Waals surface area contributed by atoms with Crippen LogP contribution in [-0.4, -0.2) is 39.4 Å². The van der Waals surface area contributed by atoms with Crippen molar-refractivity contribution in [1.82, 2.24) is 0 Å². The lowest BCUT2D eigenvalue weighted by Crippen LogP contribution is -2.58. The van der Waals surface area contributed by atoms with Gasteiger partial charge in [-0.15, -0.1) is 0 Å². The SMILES string of the molecule is CC1OC2(O)CC(O)C(O)C12. The molecule has 0 aromatic rings. The molecule has 3 N–H and O–H groups in total. The fraction of sp³-hybridized carbons (Fsp3) is 1.00. The van der Waals surface area contributed by atoms with Crippen LogP contribution in [-0.2, 0) is 4.74 Å². The number of hydrogen-bond donors (Lipinski definition) is 3. The van der Waals surface area contributed by atoms with Crippen LogP contribution in [0.1, 0.15) is 13.3 Å². The van der Waals surface area contributed by atoms with Gasteiger partial charge in [0.25, 0.3) is 0 Å². The fourth-order valence-corrected chi connectivity index (χ4v) is 2.16. The molecule has 2 rings (SSSR count). The molecular formula is C7H12O4. The van der Waals surface area contributed by atoms with E-state index in [1.165, 1.54) is 0 Å². The summed E-state index contributed by atoms with van der Waals surface area (Å²) in [7, 11) is 0. The van der Waals surface area contributed by atoms with Crippen LogP contribution in [0.3, 0.4) is 0 Å². The Bertz CT molecular complexity index is 183. The van der Waals surface area contributed by atoms with E-state index in [-0.39, 0.29) is 18.4 Å². The van der Waals surface area contributed by atoms with E-state index in [1.54, 1.807) is 6.92 Å². The average molecular weight is 160 g/mol. The second-order valence-electron chi connectivity index (χ2n) is 3.46. The van der Waals surface area contributed by atoms with E-state index in [9.17, 15) is 15.3 Å². The first-order valence-electron chi connectivity index (χ1n) is 3.81. The van der Waals surface area contributed by atoms with Gasteiger partial charge in [0.15, 0.2) is 5.79 Å². The Hall–Kier alpha value is -0.160. The van der Waals surface area contributed by atoms with Gasteiger partial charge in [-0.2, -0.15) is 0 Å². The van der Waals surface area contributed by atoms with Crippen LogP contribution in [0.15, 0.2) is 0 Å². The molecular weight excluding hydrogens is 148 g/mol. The van der Waals surface area contributed by atoms with Crippen LogP contribution in [0.4, 0.5) is 0 Å². The van der Waals surface area contributed by atoms with E-state index in [2.05, 4.69) is 0 Å². The molecule has 0 spiro atoms. The third kappa shape index (κ3) is 0.780. The standard InChI is InChI=1S/C7H12O4/c1-3-5-6(9)4(8)2-7(5,10)11-3/h3-6,8-10H,2H2,1H3. The summed E-state index contributed by atoms with van der Waals surface area (Å²) in [5.41, 5.74) is 0. The summed E-state index contributed by atoms with van der Waals surface area (Å²) in [6.45, 7) is 1.78. The minimum Gasteiger partial charge on any atom is -0.390 e. The van der Waals surface area contributed by atoms with E-state index in [0.29, 0.717) is 0 Å². The number of ether oxygens (including phenoxy) is 1. The minimum atomic E-state index is -1.25. The largest absolute Gasteiger partial charge is 0.390 e. The summed E-state index contributed by atoms with van der Waals surface area (Å²) in [5, 5.41) is 28.0. The molecule has 11 heavy (non-hydrogen) atoms. The zero-order valence-electron chi connectivity index (χ0n) is 6.27. The lowest BCUT2D eigenvalue weighted by atomic mass is 9.88. The molecule has 2 aliphatic rings. The molecule has 5 atom stereocenters. The van der Waals surface area contributed by atoms with Gasteiger partial charge in [0, 0.05) is 6.42 Å². The third-order valence-corrected chi connectivity index (χ3v) is 2.68. The van der Waals surface area contributed by atoms with Crippen LogP contribution in [0.5, 0.6) is 0 Å². The van der Waals surface area contributed by atoms with Gasteiger partial charge in [0.1, 0.15) is 0 Å². The molecule has 0 aromatic heterocycles. The van der Waals surface area contributed by atoms with E-state index < -0.39 is 18.0 Å². The minimum absolute atomic E-state index is 0.128. The van der Waals surface area contributed by atoms with Gasteiger partial charge in [0.05, 0.1) is 24.2 Å². The molecule has 5 unspecified atom stereocenters. The molecule has 0 amide bonds. The summed E-state index contributed by atoms with van der Waals surface area (Å²) < 4.78 is 5.03. The van der Waals surface area contributed by atoms with Gasteiger partial charge in [0.2, 0.25) is 0 Å². The number of fused-ring (bicyclic) bond motifs is 1.